The van der Waals surface area contributed by atoms with Crippen molar-refractivity contribution >= 4 is 46.5 Å². The minimum absolute atomic E-state index is 0.283. The van der Waals surface area contributed by atoms with Gasteiger partial charge in [0.05, 0.1) is 15.7 Å². The summed E-state index contributed by atoms with van der Waals surface area (Å²) < 4.78 is 5.54. The molecule has 0 bridgehead atoms. The van der Waals surface area contributed by atoms with Gasteiger partial charge in [0, 0.05) is 5.02 Å². The number of urea groups is 1. The smallest absolute Gasteiger partial charge is 0.322 e. The molecule has 2 N–H and O–H groups in total. The van der Waals surface area contributed by atoms with Crippen LogP contribution in [0.4, 0.5) is 10.5 Å². The Morgan fingerprint density at radius 2 is 1.77 bits per heavy atom. The summed E-state index contributed by atoms with van der Waals surface area (Å²) in [5, 5.41) is 6.50. The second kappa shape index (κ2) is 7.58. The number of nitrogens with one attached hydrogen (secondary N) is 2. The molecule has 0 saturated heterocycles. The molecular formula is C15H13Cl3N2O2. The molecule has 4 nitrogen and oxygen atoms in total. The van der Waals surface area contributed by atoms with Gasteiger partial charge in [-0.1, -0.05) is 40.9 Å². The predicted molar refractivity (Wildman–Crippen MR) is 90.2 cm³/mol. The highest BCUT2D eigenvalue weighted by molar-refractivity contribution is 6.43. The van der Waals surface area contributed by atoms with Gasteiger partial charge < -0.3 is 15.4 Å². The molecule has 0 heterocycles. The maximum Gasteiger partial charge on any atom is 0.322 e. The van der Waals surface area contributed by atoms with Crippen molar-refractivity contribution in [3.8, 4) is 5.75 Å². The summed E-state index contributed by atoms with van der Waals surface area (Å²) in [4.78, 5) is 11.9. The van der Waals surface area contributed by atoms with Crippen LogP contribution in [0.3, 0.4) is 0 Å². The van der Waals surface area contributed by atoms with Crippen LogP contribution >= 0.6 is 34.8 Å². The molecule has 2 aromatic carbocycles. The second-order valence-corrected chi connectivity index (χ2v) is 5.64. The van der Waals surface area contributed by atoms with Crippen LogP contribution in [0, 0.1) is 0 Å². The fourth-order valence-corrected chi connectivity index (χ4v) is 2.16. The zero-order valence-corrected chi connectivity index (χ0v) is 13.8. The number of hydrogen-bond acceptors (Lipinski definition) is 2. The molecular weight excluding hydrogens is 347 g/mol. The number of carbonyl (C=O) groups excluding carboxylic acids is 1. The molecule has 0 aromatic heterocycles. The Hall–Kier alpha value is -1.62. The first-order valence-corrected chi connectivity index (χ1v) is 7.53. The third kappa shape index (κ3) is 4.70. The summed E-state index contributed by atoms with van der Waals surface area (Å²) in [6, 6.07) is 11.4. The van der Waals surface area contributed by atoms with Crippen molar-refractivity contribution in [2.24, 2.45) is 0 Å². The van der Waals surface area contributed by atoms with Crippen LogP contribution < -0.4 is 15.4 Å². The van der Waals surface area contributed by atoms with Crippen LogP contribution in [0.1, 0.15) is 6.92 Å². The molecule has 2 aromatic rings. The van der Waals surface area contributed by atoms with Crippen molar-refractivity contribution in [3.63, 3.8) is 0 Å². The van der Waals surface area contributed by atoms with Crippen LogP contribution in [0.15, 0.2) is 42.5 Å². The van der Waals surface area contributed by atoms with E-state index in [1.807, 2.05) is 0 Å². The van der Waals surface area contributed by atoms with Crippen LogP contribution in [0.25, 0.3) is 0 Å². The van der Waals surface area contributed by atoms with E-state index in [2.05, 4.69) is 10.6 Å². The number of rotatable bonds is 4. The summed E-state index contributed by atoms with van der Waals surface area (Å²) in [6.45, 7) is 1.70. The molecule has 0 fully saturated rings. The van der Waals surface area contributed by atoms with Crippen molar-refractivity contribution in [2.75, 3.05) is 5.32 Å². The summed E-state index contributed by atoms with van der Waals surface area (Å²) in [7, 11) is 0. The van der Waals surface area contributed by atoms with Crippen molar-refractivity contribution < 1.29 is 9.53 Å². The Balaban J connectivity index is 1.91. The second-order valence-electron chi connectivity index (χ2n) is 4.41. The third-order valence-electron chi connectivity index (χ3n) is 2.66. The average molecular weight is 360 g/mol. The SMILES string of the molecule is CC(NC(=O)Nc1cccc(Cl)c1Cl)Oc1ccc(Cl)cc1. The van der Waals surface area contributed by atoms with Crippen LogP contribution in [0.2, 0.25) is 15.1 Å². The van der Waals surface area contributed by atoms with Gasteiger partial charge in [0.15, 0.2) is 6.23 Å². The fraction of sp³-hybridized carbons (Fsp3) is 0.133. The topological polar surface area (TPSA) is 50.4 Å². The fourth-order valence-electron chi connectivity index (χ4n) is 1.69. The van der Waals surface area contributed by atoms with Gasteiger partial charge in [-0.3, -0.25) is 0 Å². The van der Waals surface area contributed by atoms with E-state index in [0.717, 1.165) is 0 Å². The Morgan fingerprint density at radius 1 is 1.09 bits per heavy atom. The normalized spacial score (nSPS) is 11.6. The Morgan fingerprint density at radius 3 is 2.45 bits per heavy atom. The van der Waals surface area contributed by atoms with Crippen molar-refractivity contribution in [2.45, 2.75) is 13.2 Å². The standard InChI is InChI=1S/C15H13Cl3N2O2/c1-9(22-11-7-5-10(16)6-8-11)19-15(21)20-13-4-2-3-12(17)14(13)18/h2-9H,1H3,(H2,19,20,21). The highest BCUT2D eigenvalue weighted by atomic mass is 35.5. The zero-order chi connectivity index (χ0) is 16.1. The van der Waals surface area contributed by atoms with E-state index in [0.29, 0.717) is 21.5 Å². The van der Waals surface area contributed by atoms with Crippen molar-refractivity contribution in [3.05, 3.63) is 57.5 Å². The van der Waals surface area contributed by atoms with Gasteiger partial charge >= 0.3 is 6.03 Å². The average Bonchev–Trinajstić information content (AvgIpc) is 2.46. The van der Waals surface area contributed by atoms with Crippen LogP contribution in [0.5, 0.6) is 5.75 Å². The summed E-state index contributed by atoms with van der Waals surface area (Å²) >= 11 is 17.7. The number of hydrogen-bond donors (Lipinski definition) is 2. The molecule has 2 amide bonds. The maximum atomic E-state index is 11.9. The molecule has 1 atom stereocenters. The highest BCUT2D eigenvalue weighted by Gasteiger charge is 2.11. The van der Waals surface area contributed by atoms with Gasteiger partial charge in [0.1, 0.15) is 5.75 Å². The van der Waals surface area contributed by atoms with E-state index in [9.17, 15) is 4.79 Å². The molecule has 0 aliphatic carbocycles. The van der Waals surface area contributed by atoms with Gasteiger partial charge in [-0.25, -0.2) is 4.79 Å². The molecule has 0 spiro atoms. The lowest BCUT2D eigenvalue weighted by atomic mass is 10.3. The zero-order valence-electron chi connectivity index (χ0n) is 11.6. The lowest BCUT2D eigenvalue weighted by Gasteiger charge is -2.17. The molecule has 0 aliphatic heterocycles. The number of benzene rings is 2. The number of halogens is 3. The number of ether oxygens (including phenoxy) is 1. The molecule has 7 heteroatoms. The summed E-state index contributed by atoms with van der Waals surface area (Å²) in [5.41, 5.74) is 0.422. The first-order chi connectivity index (χ1) is 10.5. The van der Waals surface area contributed by atoms with Crippen molar-refractivity contribution in [1.82, 2.24) is 5.32 Å². The monoisotopic (exact) mass is 358 g/mol. The van der Waals surface area contributed by atoms with Crippen LogP contribution in [-0.4, -0.2) is 12.3 Å². The minimum atomic E-state index is -0.542. The number of anilines is 1. The van der Waals surface area contributed by atoms with Gasteiger partial charge in [-0.15, -0.1) is 0 Å². The Kier molecular flexibility index (Phi) is 5.77. The molecule has 0 saturated carbocycles. The van der Waals surface area contributed by atoms with Crippen molar-refractivity contribution in [1.29, 1.82) is 0 Å². The molecule has 0 radical (unpaired) electrons. The molecule has 116 valence electrons. The lowest BCUT2D eigenvalue weighted by Crippen LogP contribution is -2.39. The van der Waals surface area contributed by atoms with E-state index in [4.69, 9.17) is 39.5 Å². The largest absolute Gasteiger partial charge is 0.471 e. The van der Waals surface area contributed by atoms with E-state index < -0.39 is 12.3 Å². The maximum absolute atomic E-state index is 11.9. The quantitative estimate of drug-likeness (QED) is 0.738. The molecule has 1 unspecified atom stereocenters. The van der Waals surface area contributed by atoms with Gasteiger partial charge in [-0.05, 0) is 43.3 Å². The first kappa shape index (κ1) is 16.7. The van der Waals surface area contributed by atoms with E-state index in [-0.39, 0.29) is 5.02 Å². The summed E-state index contributed by atoms with van der Waals surface area (Å²) in [6.07, 6.45) is -0.542. The molecule has 22 heavy (non-hydrogen) atoms. The summed E-state index contributed by atoms with van der Waals surface area (Å²) in [5.74, 6) is 0.595. The van der Waals surface area contributed by atoms with Gasteiger partial charge in [0.25, 0.3) is 0 Å². The first-order valence-electron chi connectivity index (χ1n) is 6.39. The molecule has 2 rings (SSSR count). The number of amides is 2. The predicted octanol–water partition coefficient (Wildman–Crippen LogP) is 5.19. The van der Waals surface area contributed by atoms with E-state index in [1.54, 1.807) is 49.4 Å². The molecule has 0 aliphatic rings. The van der Waals surface area contributed by atoms with E-state index in [1.165, 1.54) is 0 Å². The van der Waals surface area contributed by atoms with Crippen LogP contribution in [-0.2, 0) is 0 Å². The number of carbonyl (C=O) groups is 1. The lowest BCUT2D eigenvalue weighted by molar-refractivity contribution is 0.183. The third-order valence-corrected chi connectivity index (χ3v) is 3.73. The van der Waals surface area contributed by atoms with Gasteiger partial charge in [-0.2, -0.15) is 0 Å². The van der Waals surface area contributed by atoms with Gasteiger partial charge in [0.2, 0.25) is 0 Å². The Bertz CT molecular complexity index is 662. The highest BCUT2D eigenvalue weighted by Crippen LogP contribution is 2.29. The minimum Gasteiger partial charge on any atom is -0.471 e. The Labute approximate surface area is 143 Å². The van der Waals surface area contributed by atoms with E-state index >= 15 is 0 Å².